The van der Waals surface area contributed by atoms with Gasteiger partial charge in [-0.05, 0) is 12.8 Å². The van der Waals surface area contributed by atoms with Crippen LogP contribution in [0.25, 0.3) is 0 Å². The van der Waals surface area contributed by atoms with E-state index in [-0.39, 0.29) is 0 Å². The lowest BCUT2D eigenvalue weighted by molar-refractivity contribution is 0.122. The molecular weight excluding hydrogens is 334 g/mol. The highest BCUT2D eigenvalue weighted by molar-refractivity contribution is 7.15. The van der Waals surface area contributed by atoms with Crippen LogP contribution in [0.5, 0.6) is 0 Å². The molecule has 0 atom stereocenters. The van der Waals surface area contributed by atoms with Crippen LogP contribution in [-0.4, -0.2) is 52.7 Å². The number of nitrogens with zero attached hydrogens (tertiary/aromatic N) is 5. The van der Waals surface area contributed by atoms with Crippen molar-refractivity contribution in [3.05, 3.63) is 34.4 Å². The first-order chi connectivity index (χ1) is 12.3. The number of hydrogen-bond donors (Lipinski definition) is 0. The van der Waals surface area contributed by atoms with Crippen molar-refractivity contribution in [2.45, 2.75) is 38.3 Å². The van der Waals surface area contributed by atoms with E-state index in [1.165, 1.54) is 29.0 Å². The molecule has 4 heterocycles. The predicted molar refractivity (Wildman–Crippen MR) is 97.0 cm³/mol. The van der Waals surface area contributed by atoms with Gasteiger partial charge in [0.15, 0.2) is 5.13 Å². The van der Waals surface area contributed by atoms with Gasteiger partial charge in [0.1, 0.15) is 5.82 Å². The van der Waals surface area contributed by atoms with E-state index in [1.54, 1.807) is 0 Å². The zero-order valence-electron chi connectivity index (χ0n) is 14.4. The molecule has 7 heteroatoms. The molecular formula is C18H23N5OS. The van der Waals surface area contributed by atoms with Gasteiger partial charge in [-0.15, -0.1) is 11.3 Å². The molecule has 2 aliphatic heterocycles. The zero-order chi connectivity index (χ0) is 16.6. The van der Waals surface area contributed by atoms with Gasteiger partial charge in [-0.1, -0.05) is 0 Å². The second-order valence-electron chi connectivity index (χ2n) is 7.14. The molecule has 2 fully saturated rings. The Labute approximate surface area is 151 Å². The Morgan fingerprint density at radius 3 is 2.84 bits per heavy atom. The Morgan fingerprint density at radius 1 is 1.12 bits per heavy atom. The standard InChI is InChI=1S/C18H23N5OS/c1-2-13(1)17-19-9-14-11-22(4-3-16(14)21-17)12-15-10-20-18(25-15)23-5-7-24-8-6-23/h9-10,13H,1-8,11-12H2. The Kier molecular flexibility index (Phi) is 4.15. The largest absolute Gasteiger partial charge is 0.378 e. The maximum atomic E-state index is 5.42. The fourth-order valence-corrected chi connectivity index (χ4v) is 4.56. The van der Waals surface area contributed by atoms with Crippen LogP contribution >= 0.6 is 11.3 Å². The second kappa shape index (κ2) is 6.63. The SMILES string of the molecule is c1nc(N2CCOCC2)sc1CN1CCc2nc(C3CC3)ncc2C1. The Morgan fingerprint density at radius 2 is 2.00 bits per heavy atom. The lowest BCUT2D eigenvalue weighted by atomic mass is 10.1. The average Bonchev–Trinajstić information content (AvgIpc) is 3.41. The van der Waals surface area contributed by atoms with Crippen molar-refractivity contribution in [2.75, 3.05) is 37.7 Å². The number of ether oxygens (including phenoxy) is 1. The summed E-state index contributed by atoms with van der Waals surface area (Å²) in [5.74, 6) is 1.71. The summed E-state index contributed by atoms with van der Waals surface area (Å²) in [6.07, 6.45) is 7.67. The monoisotopic (exact) mass is 357 g/mol. The van der Waals surface area contributed by atoms with Crippen LogP contribution in [-0.2, 0) is 24.2 Å². The zero-order valence-corrected chi connectivity index (χ0v) is 15.2. The average molecular weight is 357 g/mol. The van der Waals surface area contributed by atoms with Gasteiger partial charge in [-0.25, -0.2) is 15.0 Å². The predicted octanol–water partition coefficient (Wildman–Crippen LogP) is 2.21. The summed E-state index contributed by atoms with van der Waals surface area (Å²) in [6.45, 7) is 6.49. The van der Waals surface area contributed by atoms with E-state index in [4.69, 9.17) is 9.72 Å². The van der Waals surface area contributed by atoms with E-state index in [2.05, 4.69) is 26.0 Å². The number of hydrogen-bond acceptors (Lipinski definition) is 7. The molecule has 25 heavy (non-hydrogen) atoms. The fourth-order valence-electron chi connectivity index (χ4n) is 3.55. The fraction of sp³-hybridized carbons (Fsp3) is 0.611. The van der Waals surface area contributed by atoms with Crippen molar-refractivity contribution in [3.8, 4) is 0 Å². The molecule has 0 unspecified atom stereocenters. The first kappa shape index (κ1) is 15.7. The number of anilines is 1. The van der Waals surface area contributed by atoms with Gasteiger partial charge in [-0.2, -0.15) is 0 Å². The lowest BCUT2D eigenvalue weighted by Crippen LogP contribution is -2.36. The van der Waals surface area contributed by atoms with Gasteiger partial charge in [0.05, 0.1) is 13.2 Å². The van der Waals surface area contributed by atoms with Gasteiger partial charge in [0, 0.05) is 73.6 Å². The van der Waals surface area contributed by atoms with Crippen molar-refractivity contribution in [1.29, 1.82) is 0 Å². The quantitative estimate of drug-likeness (QED) is 0.836. The van der Waals surface area contributed by atoms with Crippen LogP contribution < -0.4 is 4.90 Å². The van der Waals surface area contributed by atoms with E-state index >= 15 is 0 Å². The number of morpholine rings is 1. The second-order valence-corrected chi connectivity index (χ2v) is 8.24. The van der Waals surface area contributed by atoms with Crippen molar-refractivity contribution in [2.24, 2.45) is 0 Å². The number of aromatic nitrogens is 3. The Bertz CT molecular complexity index is 754. The number of rotatable bonds is 4. The minimum atomic E-state index is 0.638. The van der Waals surface area contributed by atoms with Crippen LogP contribution in [0.15, 0.2) is 12.4 Å². The molecule has 0 amide bonds. The molecule has 2 aromatic rings. The first-order valence-electron chi connectivity index (χ1n) is 9.19. The van der Waals surface area contributed by atoms with E-state index in [9.17, 15) is 0 Å². The van der Waals surface area contributed by atoms with E-state index in [0.29, 0.717) is 5.92 Å². The van der Waals surface area contributed by atoms with Gasteiger partial charge < -0.3 is 9.64 Å². The summed E-state index contributed by atoms with van der Waals surface area (Å²) in [4.78, 5) is 20.2. The van der Waals surface area contributed by atoms with Crippen LogP contribution in [0.2, 0.25) is 0 Å². The molecule has 5 rings (SSSR count). The summed E-state index contributed by atoms with van der Waals surface area (Å²) < 4.78 is 5.42. The summed E-state index contributed by atoms with van der Waals surface area (Å²) in [7, 11) is 0. The van der Waals surface area contributed by atoms with Crippen molar-refractivity contribution < 1.29 is 4.74 Å². The van der Waals surface area contributed by atoms with Crippen LogP contribution in [0, 0.1) is 0 Å². The molecule has 0 radical (unpaired) electrons. The third kappa shape index (κ3) is 3.41. The smallest absolute Gasteiger partial charge is 0.185 e. The van der Waals surface area contributed by atoms with Crippen molar-refractivity contribution in [3.63, 3.8) is 0 Å². The molecule has 1 aliphatic carbocycles. The topological polar surface area (TPSA) is 54.4 Å². The van der Waals surface area contributed by atoms with Gasteiger partial charge in [0.25, 0.3) is 0 Å². The summed E-state index contributed by atoms with van der Waals surface area (Å²) in [6, 6.07) is 0. The highest BCUT2D eigenvalue weighted by Crippen LogP contribution is 2.38. The Balaban J connectivity index is 1.24. The molecule has 0 aromatic carbocycles. The summed E-state index contributed by atoms with van der Waals surface area (Å²) in [5.41, 5.74) is 2.57. The third-order valence-corrected chi connectivity index (χ3v) is 6.22. The molecule has 0 N–H and O–H groups in total. The third-order valence-electron chi connectivity index (χ3n) is 5.18. The maximum absolute atomic E-state index is 5.42. The van der Waals surface area contributed by atoms with E-state index in [1.807, 2.05) is 17.5 Å². The normalized spacial score (nSPS) is 21.4. The van der Waals surface area contributed by atoms with Gasteiger partial charge in [-0.3, -0.25) is 4.90 Å². The van der Waals surface area contributed by atoms with Gasteiger partial charge >= 0.3 is 0 Å². The molecule has 3 aliphatic rings. The molecule has 6 nitrogen and oxygen atoms in total. The molecule has 0 bridgehead atoms. The molecule has 0 spiro atoms. The molecule has 132 valence electrons. The van der Waals surface area contributed by atoms with Crippen molar-refractivity contribution >= 4 is 16.5 Å². The van der Waals surface area contributed by atoms with E-state index < -0.39 is 0 Å². The highest BCUT2D eigenvalue weighted by atomic mass is 32.1. The molecule has 1 saturated carbocycles. The maximum Gasteiger partial charge on any atom is 0.185 e. The minimum absolute atomic E-state index is 0.638. The number of thiazole rings is 1. The Hall–Kier alpha value is -1.57. The van der Waals surface area contributed by atoms with Crippen LogP contribution in [0.1, 0.15) is 40.7 Å². The van der Waals surface area contributed by atoms with Gasteiger partial charge in [0.2, 0.25) is 0 Å². The van der Waals surface area contributed by atoms with E-state index in [0.717, 1.165) is 63.3 Å². The minimum Gasteiger partial charge on any atom is -0.378 e. The summed E-state index contributed by atoms with van der Waals surface area (Å²) in [5, 5.41) is 1.13. The van der Waals surface area contributed by atoms with Crippen molar-refractivity contribution in [1.82, 2.24) is 19.9 Å². The summed E-state index contributed by atoms with van der Waals surface area (Å²) >= 11 is 1.82. The van der Waals surface area contributed by atoms with Crippen LogP contribution in [0.4, 0.5) is 5.13 Å². The molecule has 2 aromatic heterocycles. The number of fused-ring (bicyclic) bond motifs is 1. The van der Waals surface area contributed by atoms with Crippen LogP contribution in [0.3, 0.4) is 0 Å². The highest BCUT2D eigenvalue weighted by Gasteiger charge is 2.28. The lowest BCUT2D eigenvalue weighted by Gasteiger charge is -2.27. The molecule has 1 saturated heterocycles. The first-order valence-corrected chi connectivity index (χ1v) is 10.0.